The van der Waals surface area contributed by atoms with Gasteiger partial charge in [0.25, 0.3) is 0 Å². The molecule has 0 saturated carbocycles. The van der Waals surface area contributed by atoms with E-state index in [0.29, 0.717) is 12.5 Å². The number of carbonyl (C=O) groups excluding carboxylic acids is 1. The molecule has 0 aliphatic carbocycles. The highest BCUT2D eigenvalue weighted by molar-refractivity contribution is 5.77. The van der Waals surface area contributed by atoms with Crippen molar-refractivity contribution in [1.82, 2.24) is 10.2 Å². The molecular weight excluding hydrogens is 256 g/mol. The molecule has 1 heterocycles. The predicted molar refractivity (Wildman–Crippen MR) is 77.4 cm³/mol. The SMILES string of the molecule is CNC(=O)CN1CC[C@H](c2cc(OC)cc(OC)c2)C1. The van der Waals surface area contributed by atoms with Crippen LogP contribution < -0.4 is 14.8 Å². The molecule has 0 spiro atoms. The number of carbonyl (C=O) groups is 1. The van der Waals surface area contributed by atoms with E-state index in [1.807, 2.05) is 6.07 Å². The molecule has 1 fully saturated rings. The minimum atomic E-state index is 0.0638. The second-order valence-corrected chi connectivity index (χ2v) is 5.04. The first-order chi connectivity index (χ1) is 9.66. The fourth-order valence-electron chi connectivity index (χ4n) is 2.60. The van der Waals surface area contributed by atoms with E-state index in [4.69, 9.17) is 9.47 Å². The Morgan fingerprint density at radius 1 is 1.30 bits per heavy atom. The topological polar surface area (TPSA) is 50.8 Å². The Kier molecular flexibility index (Phi) is 4.84. The first kappa shape index (κ1) is 14.7. The highest BCUT2D eigenvalue weighted by Gasteiger charge is 2.25. The van der Waals surface area contributed by atoms with E-state index in [-0.39, 0.29) is 5.91 Å². The van der Waals surface area contributed by atoms with Gasteiger partial charge in [-0.3, -0.25) is 9.69 Å². The van der Waals surface area contributed by atoms with Gasteiger partial charge < -0.3 is 14.8 Å². The Bertz CT molecular complexity index is 454. The van der Waals surface area contributed by atoms with Crippen LogP contribution in [-0.2, 0) is 4.79 Å². The summed E-state index contributed by atoms with van der Waals surface area (Å²) >= 11 is 0. The Morgan fingerprint density at radius 3 is 2.50 bits per heavy atom. The zero-order valence-corrected chi connectivity index (χ0v) is 12.3. The van der Waals surface area contributed by atoms with Gasteiger partial charge in [0.15, 0.2) is 0 Å². The molecule has 1 aromatic carbocycles. The van der Waals surface area contributed by atoms with Crippen LogP contribution >= 0.6 is 0 Å². The quantitative estimate of drug-likeness (QED) is 0.880. The summed E-state index contributed by atoms with van der Waals surface area (Å²) in [5.41, 5.74) is 1.21. The van der Waals surface area contributed by atoms with E-state index < -0.39 is 0 Å². The normalized spacial score (nSPS) is 18.9. The Hall–Kier alpha value is -1.75. The van der Waals surface area contributed by atoms with Crippen molar-refractivity contribution in [3.05, 3.63) is 23.8 Å². The van der Waals surface area contributed by atoms with Crippen molar-refractivity contribution in [2.24, 2.45) is 0 Å². The average molecular weight is 278 g/mol. The van der Waals surface area contributed by atoms with Gasteiger partial charge in [0.2, 0.25) is 5.91 Å². The number of nitrogens with one attached hydrogen (secondary N) is 1. The molecule has 1 atom stereocenters. The summed E-state index contributed by atoms with van der Waals surface area (Å²) in [6.45, 7) is 2.30. The number of methoxy groups -OCH3 is 2. The molecule has 1 aliphatic heterocycles. The van der Waals surface area contributed by atoms with Crippen molar-refractivity contribution in [2.75, 3.05) is 40.9 Å². The van der Waals surface area contributed by atoms with E-state index >= 15 is 0 Å². The maximum Gasteiger partial charge on any atom is 0.233 e. The standard InChI is InChI=1S/C15H22N2O3/c1-16-15(18)10-17-5-4-11(9-17)12-6-13(19-2)8-14(7-12)20-3/h6-8,11H,4-5,9-10H2,1-3H3,(H,16,18)/t11-/m0/s1. The van der Waals surface area contributed by atoms with Crippen LogP contribution in [0.3, 0.4) is 0 Å². The number of likely N-dealkylation sites (N-methyl/N-ethyl adjacent to an activating group) is 1. The lowest BCUT2D eigenvalue weighted by Gasteiger charge is -2.16. The molecule has 5 nitrogen and oxygen atoms in total. The van der Waals surface area contributed by atoms with Crippen LogP contribution in [0.25, 0.3) is 0 Å². The number of ether oxygens (including phenoxy) is 2. The second kappa shape index (κ2) is 6.61. The van der Waals surface area contributed by atoms with E-state index in [0.717, 1.165) is 31.0 Å². The number of hydrogen-bond donors (Lipinski definition) is 1. The Morgan fingerprint density at radius 2 is 1.95 bits per heavy atom. The zero-order valence-electron chi connectivity index (χ0n) is 12.3. The van der Waals surface area contributed by atoms with Crippen molar-refractivity contribution in [1.29, 1.82) is 0 Å². The lowest BCUT2D eigenvalue weighted by molar-refractivity contribution is -0.121. The van der Waals surface area contributed by atoms with Crippen LogP contribution in [0.2, 0.25) is 0 Å². The third-order valence-electron chi connectivity index (χ3n) is 3.76. The number of hydrogen-bond acceptors (Lipinski definition) is 4. The highest BCUT2D eigenvalue weighted by Crippen LogP contribution is 2.32. The molecule has 110 valence electrons. The van der Waals surface area contributed by atoms with Crippen LogP contribution in [0.4, 0.5) is 0 Å². The van der Waals surface area contributed by atoms with Crippen molar-refractivity contribution >= 4 is 5.91 Å². The fraction of sp³-hybridized carbons (Fsp3) is 0.533. The molecule has 0 aromatic heterocycles. The van der Waals surface area contributed by atoms with E-state index in [9.17, 15) is 4.79 Å². The highest BCUT2D eigenvalue weighted by atomic mass is 16.5. The van der Waals surface area contributed by atoms with Gasteiger partial charge in [-0.1, -0.05) is 0 Å². The lowest BCUT2D eigenvalue weighted by Crippen LogP contribution is -2.34. The number of likely N-dealkylation sites (tertiary alicyclic amines) is 1. The molecule has 0 unspecified atom stereocenters. The van der Waals surface area contributed by atoms with Gasteiger partial charge in [-0.2, -0.15) is 0 Å². The molecule has 0 bridgehead atoms. The summed E-state index contributed by atoms with van der Waals surface area (Å²) in [6, 6.07) is 5.98. The second-order valence-electron chi connectivity index (χ2n) is 5.04. The van der Waals surface area contributed by atoms with Crippen molar-refractivity contribution in [2.45, 2.75) is 12.3 Å². The van der Waals surface area contributed by atoms with Gasteiger partial charge in [0.1, 0.15) is 11.5 Å². The third-order valence-corrected chi connectivity index (χ3v) is 3.76. The monoisotopic (exact) mass is 278 g/mol. The van der Waals surface area contributed by atoms with Gasteiger partial charge >= 0.3 is 0 Å². The number of benzene rings is 1. The molecule has 5 heteroatoms. The number of rotatable bonds is 5. The largest absolute Gasteiger partial charge is 0.497 e. The van der Waals surface area contributed by atoms with Crippen LogP contribution in [0.15, 0.2) is 18.2 Å². The van der Waals surface area contributed by atoms with Gasteiger partial charge in [0, 0.05) is 19.7 Å². The summed E-state index contributed by atoms with van der Waals surface area (Å²) < 4.78 is 10.6. The van der Waals surface area contributed by atoms with Crippen LogP contribution in [-0.4, -0.2) is 51.7 Å². The van der Waals surface area contributed by atoms with Crippen molar-refractivity contribution in [3.63, 3.8) is 0 Å². The van der Waals surface area contributed by atoms with Crippen molar-refractivity contribution in [3.8, 4) is 11.5 Å². The van der Waals surface area contributed by atoms with Gasteiger partial charge in [-0.15, -0.1) is 0 Å². The van der Waals surface area contributed by atoms with Gasteiger partial charge in [-0.25, -0.2) is 0 Å². The molecular formula is C15H22N2O3. The van der Waals surface area contributed by atoms with E-state index in [1.165, 1.54) is 5.56 Å². The lowest BCUT2D eigenvalue weighted by atomic mass is 9.98. The fourth-order valence-corrected chi connectivity index (χ4v) is 2.60. The van der Waals surface area contributed by atoms with Crippen molar-refractivity contribution < 1.29 is 14.3 Å². The summed E-state index contributed by atoms with van der Waals surface area (Å²) in [4.78, 5) is 13.6. The number of amides is 1. The van der Waals surface area contributed by atoms with Crippen LogP contribution in [0.5, 0.6) is 11.5 Å². The average Bonchev–Trinajstić information content (AvgIpc) is 2.94. The Balaban J connectivity index is 2.07. The predicted octanol–water partition coefficient (Wildman–Crippen LogP) is 1.24. The third kappa shape index (κ3) is 3.42. The van der Waals surface area contributed by atoms with Gasteiger partial charge in [0.05, 0.1) is 20.8 Å². The summed E-state index contributed by atoms with van der Waals surface area (Å²) in [6.07, 6.45) is 1.05. The molecule has 2 rings (SSSR count). The van der Waals surface area contributed by atoms with Crippen LogP contribution in [0, 0.1) is 0 Å². The zero-order chi connectivity index (χ0) is 14.5. The number of nitrogens with zero attached hydrogens (tertiary/aromatic N) is 1. The molecule has 1 N–H and O–H groups in total. The summed E-state index contributed by atoms with van der Waals surface area (Å²) in [5.74, 6) is 2.10. The molecule has 1 amide bonds. The molecule has 0 radical (unpaired) electrons. The maximum absolute atomic E-state index is 11.4. The summed E-state index contributed by atoms with van der Waals surface area (Å²) in [5, 5.41) is 2.66. The Labute approximate surface area is 119 Å². The molecule has 1 aromatic rings. The van der Waals surface area contributed by atoms with E-state index in [1.54, 1.807) is 21.3 Å². The minimum absolute atomic E-state index is 0.0638. The van der Waals surface area contributed by atoms with E-state index in [2.05, 4.69) is 22.3 Å². The molecule has 1 saturated heterocycles. The summed E-state index contributed by atoms with van der Waals surface area (Å²) in [7, 11) is 4.99. The molecule has 20 heavy (non-hydrogen) atoms. The smallest absolute Gasteiger partial charge is 0.233 e. The minimum Gasteiger partial charge on any atom is -0.497 e. The first-order valence-corrected chi connectivity index (χ1v) is 6.82. The van der Waals surface area contributed by atoms with Gasteiger partial charge in [-0.05, 0) is 36.6 Å². The maximum atomic E-state index is 11.4. The first-order valence-electron chi connectivity index (χ1n) is 6.82. The van der Waals surface area contributed by atoms with Crippen LogP contribution in [0.1, 0.15) is 17.9 Å². The molecule has 1 aliphatic rings.